The minimum absolute atomic E-state index is 0.175. The van der Waals surface area contributed by atoms with Gasteiger partial charge in [-0.3, -0.25) is 0 Å². The number of nitrogens with one attached hydrogen (secondary N) is 3. The van der Waals surface area contributed by atoms with Gasteiger partial charge in [0.25, 0.3) is 0 Å². The Balaban J connectivity index is 1.56. The van der Waals surface area contributed by atoms with Gasteiger partial charge in [0.05, 0.1) is 0 Å². The van der Waals surface area contributed by atoms with Crippen molar-refractivity contribution in [2.75, 3.05) is 11.9 Å². The van der Waals surface area contributed by atoms with Gasteiger partial charge in [-0.2, -0.15) is 0 Å². The minimum Gasteiger partial charge on any atom is -0.361 e. The summed E-state index contributed by atoms with van der Waals surface area (Å²) in [5.74, 6) is -0.856. The zero-order valence-electron chi connectivity index (χ0n) is 15.5. The van der Waals surface area contributed by atoms with Crippen LogP contribution in [-0.2, 0) is 0 Å². The smallest absolute Gasteiger partial charge is 0.319 e. The molecular formula is C23H19F2N3O. The molecule has 0 unspecified atom stereocenters. The van der Waals surface area contributed by atoms with Gasteiger partial charge in [-0.1, -0.05) is 30.3 Å². The van der Waals surface area contributed by atoms with Gasteiger partial charge in [0, 0.05) is 35.2 Å². The van der Waals surface area contributed by atoms with E-state index in [0.717, 1.165) is 22.0 Å². The van der Waals surface area contributed by atoms with Crippen LogP contribution in [0.2, 0.25) is 0 Å². The first-order valence-corrected chi connectivity index (χ1v) is 9.22. The number of para-hydroxylation sites is 1. The number of fused-ring (bicyclic) bond motifs is 1. The molecule has 4 nitrogen and oxygen atoms in total. The third-order valence-corrected chi connectivity index (χ3v) is 4.84. The highest BCUT2D eigenvalue weighted by molar-refractivity contribution is 5.89. The van der Waals surface area contributed by atoms with Crippen LogP contribution in [0, 0.1) is 11.6 Å². The highest BCUT2D eigenvalue weighted by atomic mass is 19.1. The van der Waals surface area contributed by atoms with E-state index in [-0.39, 0.29) is 17.6 Å². The quantitative estimate of drug-likeness (QED) is 0.419. The molecule has 0 aliphatic rings. The van der Waals surface area contributed by atoms with E-state index in [1.54, 1.807) is 12.1 Å². The fourth-order valence-corrected chi connectivity index (χ4v) is 3.39. The third kappa shape index (κ3) is 4.27. The Bertz CT molecular complexity index is 1120. The van der Waals surface area contributed by atoms with Crippen LogP contribution >= 0.6 is 0 Å². The van der Waals surface area contributed by atoms with Crippen LogP contribution in [0.4, 0.5) is 19.3 Å². The summed E-state index contributed by atoms with van der Waals surface area (Å²) in [6.45, 7) is 0.306. The fourth-order valence-electron chi connectivity index (χ4n) is 3.39. The summed E-state index contributed by atoms with van der Waals surface area (Å²) in [4.78, 5) is 15.6. The number of rotatable bonds is 5. The number of aromatic nitrogens is 1. The number of aromatic amines is 1. The average Bonchev–Trinajstić information content (AvgIpc) is 3.15. The number of carbonyl (C=O) groups is 1. The predicted octanol–water partition coefficient (Wildman–Crippen LogP) is 5.40. The SMILES string of the molecule is O=C(NC[C@@H](c1ccc(F)cc1)c1c[nH]c2ccccc12)Nc1ccc(F)cc1. The van der Waals surface area contributed by atoms with Crippen molar-refractivity contribution in [2.45, 2.75) is 5.92 Å². The topological polar surface area (TPSA) is 56.9 Å². The average molecular weight is 391 g/mol. The third-order valence-electron chi connectivity index (χ3n) is 4.84. The van der Waals surface area contributed by atoms with Gasteiger partial charge in [-0.25, -0.2) is 13.6 Å². The lowest BCUT2D eigenvalue weighted by Crippen LogP contribution is -2.32. The monoisotopic (exact) mass is 391 g/mol. The standard InChI is InChI=1S/C23H19F2N3O/c24-16-7-5-15(6-8-16)20(21-14-26-22-4-2-1-3-19(21)22)13-27-23(29)28-18-11-9-17(25)10-12-18/h1-12,14,20,26H,13H2,(H2,27,28,29)/t20-/m0/s1. The Labute approximate surface area is 166 Å². The molecule has 1 aromatic heterocycles. The van der Waals surface area contributed by atoms with E-state index in [2.05, 4.69) is 15.6 Å². The molecule has 146 valence electrons. The van der Waals surface area contributed by atoms with Crippen LogP contribution in [0.15, 0.2) is 79.0 Å². The molecule has 0 fully saturated rings. The van der Waals surface area contributed by atoms with E-state index in [1.165, 1.54) is 36.4 Å². The second-order valence-electron chi connectivity index (χ2n) is 6.74. The van der Waals surface area contributed by atoms with E-state index in [4.69, 9.17) is 0 Å². The molecule has 0 bridgehead atoms. The van der Waals surface area contributed by atoms with Gasteiger partial charge < -0.3 is 15.6 Å². The molecular weight excluding hydrogens is 372 g/mol. The summed E-state index contributed by atoms with van der Waals surface area (Å²) in [5, 5.41) is 6.59. The predicted molar refractivity (Wildman–Crippen MR) is 110 cm³/mol. The zero-order valence-corrected chi connectivity index (χ0v) is 15.5. The number of halogens is 2. The molecule has 0 saturated carbocycles. The highest BCUT2D eigenvalue weighted by Crippen LogP contribution is 2.30. The second-order valence-corrected chi connectivity index (χ2v) is 6.74. The number of H-pyrrole nitrogens is 1. The van der Waals surface area contributed by atoms with Gasteiger partial charge in [-0.15, -0.1) is 0 Å². The first kappa shape index (κ1) is 18.7. The van der Waals surface area contributed by atoms with Crippen molar-refractivity contribution >= 4 is 22.6 Å². The Morgan fingerprint density at radius 2 is 1.55 bits per heavy atom. The maximum absolute atomic E-state index is 13.4. The maximum Gasteiger partial charge on any atom is 0.319 e. The largest absolute Gasteiger partial charge is 0.361 e. The maximum atomic E-state index is 13.4. The Morgan fingerprint density at radius 1 is 0.897 bits per heavy atom. The van der Waals surface area contributed by atoms with Crippen molar-refractivity contribution in [3.8, 4) is 0 Å². The van der Waals surface area contributed by atoms with Crippen LogP contribution in [0.1, 0.15) is 17.0 Å². The Kier molecular flexibility index (Phi) is 5.24. The van der Waals surface area contributed by atoms with Crippen LogP contribution in [0.3, 0.4) is 0 Å². The number of benzene rings is 3. The number of anilines is 1. The van der Waals surface area contributed by atoms with Crippen molar-refractivity contribution < 1.29 is 13.6 Å². The minimum atomic E-state index is -0.399. The Hall–Kier alpha value is -3.67. The van der Waals surface area contributed by atoms with Gasteiger partial charge in [0.2, 0.25) is 0 Å². The molecule has 0 radical (unpaired) electrons. The summed E-state index contributed by atoms with van der Waals surface area (Å²) in [6, 6.07) is 19.3. The lowest BCUT2D eigenvalue weighted by molar-refractivity contribution is 0.252. The molecule has 4 aromatic rings. The molecule has 6 heteroatoms. The van der Waals surface area contributed by atoms with Crippen LogP contribution in [-0.4, -0.2) is 17.6 Å². The molecule has 2 amide bonds. The molecule has 3 N–H and O–H groups in total. The van der Waals surface area contributed by atoms with Crippen LogP contribution in [0.5, 0.6) is 0 Å². The first-order chi connectivity index (χ1) is 14.1. The van der Waals surface area contributed by atoms with Gasteiger partial charge in [-0.05, 0) is 53.6 Å². The Morgan fingerprint density at radius 3 is 2.28 bits per heavy atom. The second kappa shape index (κ2) is 8.14. The van der Waals surface area contributed by atoms with Crippen molar-refractivity contribution in [1.82, 2.24) is 10.3 Å². The molecule has 29 heavy (non-hydrogen) atoms. The van der Waals surface area contributed by atoms with Crippen LogP contribution in [0.25, 0.3) is 10.9 Å². The van der Waals surface area contributed by atoms with E-state index in [9.17, 15) is 13.6 Å². The molecule has 0 saturated heterocycles. The first-order valence-electron chi connectivity index (χ1n) is 9.22. The lowest BCUT2D eigenvalue weighted by Gasteiger charge is -2.18. The molecule has 1 atom stereocenters. The zero-order chi connectivity index (χ0) is 20.2. The number of urea groups is 1. The lowest BCUT2D eigenvalue weighted by atomic mass is 9.91. The van der Waals surface area contributed by atoms with Crippen molar-refractivity contribution in [3.63, 3.8) is 0 Å². The number of amides is 2. The number of carbonyl (C=O) groups excluding carboxylic acids is 1. The van der Waals surface area contributed by atoms with E-state index >= 15 is 0 Å². The summed E-state index contributed by atoms with van der Waals surface area (Å²) < 4.78 is 26.4. The van der Waals surface area contributed by atoms with Gasteiger partial charge in [0.1, 0.15) is 11.6 Å². The summed E-state index contributed by atoms with van der Waals surface area (Å²) in [7, 11) is 0. The summed E-state index contributed by atoms with van der Waals surface area (Å²) >= 11 is 0. The summed E-state index contributed by atoms with van der Waals surface area (Å²) in [5.41, 5.74) is 3.38. The van der Waals surface area contributed by atoms with Gasteiger partial charge >= 0.3 is 6.03 Å². The number of hydrogen-bond acceptors (Lipinski definition) is 1. The van der Waals surface area contributed by atoms with Crippen molar-refractivity contribution in [1.29, 1.82) is 0 Å². The van der Waals surface area contributed by atoms with Crippen molar-refractivity contribution in [2.24, 2.45) is 0 Å². The normalized spacial score (nSPS) is 11.9. The fraction of sp³-hybridized carbons (Fsp3) is 0.0870. The van der Waals surface area contributed by atoms with E-state index < -0.39 is 6.03 Å². The summed E-state index contributed by atoms with van der Waals surface area (Å²) in [6.07, 6.45) is 1.91. The highest BCUT2D eigenvalue weighted by Gasteiger charge is 2.19. The number of hydrogen-bond donors (Lipinski definition) is 3. The van der Waals surface area contributed by atoms with Crippen molar-refractivity contribution in [3.05, 3.63) is 102 Å². The molecule has 0 aliphatic carbocycles. The van der Waals surface area contributed by atoms with Gasteiger partial charge in [0.15, 0.2) is 0 Å². The van der Waals surface area contributed by atoms with E-state index in [0.29, 0.717) is 12.2 Å². The molecule has 0 spiro atoms. The van der Waals surface area contributed by atoms with Crippen LogP contribution < -0.4 is 10.6 Å². The molecule has 0 aliphatic heterocycles. The van der Waals surface area contributed by atoms with E-state index in [1.807, 2.05) is 30.5 Å². The molecule has 3 aromatic carbocycles. The molecule has 1 heterocycles. The molecule has 4 rings (SSSR count).